The highest BCUT2D eigenvalue weighted by Gasteiger charge is 2.22. The van der Waals surface area contributed by atoms with Gasteiger partial charge in [-0.2, -0.15) is 0 Å². The van der Waals surface area contributed by atoms with E-state index in [9.17, 15) is 14.4 Å². The summed E-state index contributed by atoms with van der Waals surface area (Å²) in [5, 5.41) is 11.2. The third kappa shape index (κ3) is 4.97. The number of aliphatic carboxylic acids is 1. The van der Waals surface area contributed by atoms with E-state index in [0.29, 0.717) is 38.2 Å². The zero-order chi connectivity index (χ0) is 17.5. The van der Waals surface area contributed by atoms with Crippen molar-refractivity contribution < 1.29 is 19.5 Å². The van der Waals surface area contributed by atoms with Gasteiger partial charge < -0.3 is 20.2 Å². The van der Waals surface area contributed by atoms with Gasteiger partial charge in [0.1, 0.15) is 0 Å². The topological polar surface area (TPSA) is 90.0 Å². The van der Waals surface area contributed by atoms with E-state index < -0.39 is 5.97 Å². The molecule has 130 valence electrons. The van der Waals surface area contributed by atoms with E-state index in [-0.39, 0.29) is 24.9 Å². The molecule has 0 aromatic heterocycles. The van der Waals surface area contributed by atoms with Crippen LogP contribution < -0.4 is 5.32 Å². The van der Waals surface area contributed by atoms with Gasteiger partial charge in [-0.15, -0.1) is 0 Å². The monoisotopic (exact) mass is 333 g/mol. The van der Waals surface area contributed by atoms with E-state index in [1.807, 2.05) is 25.1 Å². The van der Waals surface area contributed by atoms with Gasteiger partial charge in [0.15, 0.2) is 0 Å². The van der Waals surface area contributed by atoms with Crippen molar-refractivity contribution in [3.05, 3.63) is 35.4 Å². The molecule has 0 aliphatic carbocycles. The van der Waals surface area contributed by atoms with Gasteiger partial charge in [0.05, 0.1) is 6.42 Å². The minimum Gasteiger partial charge on any atom is -0.481 e. The standard InChI is InChI=1S/C17H23N3O4/c1-13-4-2-5-14(12-13)16(23)19-8-3-9-20(11-10-19)17(24)18-7-6-15(21)22/h2,4-5,12H,3,6-11H2,1H3,(H,18,24)(H,21,22). The van der Waals surface area contributed by atoms with E-state index in [4.69, 9.17) is 5.11 Å². The van der Waals surface area contributed by atoms with Gasteiger partial charge in [0.2, 0.25) is 0 Å². The summed E-state index contributed by atoms with van der Waals surface area (Å²) in [5.41, 5.74) is 1.70. The number of nitrogens with one attached hydrogen (secondary N) is 1. The Balaban J connectivity index is 1.89. The third-order valence-corrected chi connectivity index (χ3v) is 3.95. The first-order valence-corrected chi connectivity index (χ1v) is 8.08. The molecule has 1 fully saturated rings. The van der Waals surface area contributed by atoms with Crippen LogP contribution in [0.1, 0.15) is 28.8 Å². The lowest BCUT2D eigenvalue weighted by molar-refractivity contribution is -0.136. The maximum absolute atomic E-state index is 12.6. The second-order valence-electron chi connectivity index (χ2n) is 5.88. The molecule has 24 heavy (non-hydrogen) atoms. The average molecular weight is 333 g/mol. The molecule has 1 aromatic rings. The Kier molecular flexibility index (Phi) is 6.17. The first kappa shape index (κ1) is 17.8. The Morgan fingerprint density at radius 1 is 1.12 bits per heavy atom. The van der Waals surface area contributed by atoms with Crippen molar-refractivity contribution in [2.24, 2.45) is 0 Å². The first-order valence-electron chi connectivity index (χ1n) is 8.08. The summed E-state index contributed by atoms with van der Waals surface area (Å²) in [6.07, 6.45) is 0.599. The summed E-state index contributed by atoms with van der Waals surface area (Å²) in [4.78, 5) is 38.5. The molecule has 1 aliphatic heterocycles. The first-order chi connectivity index (χ1) is 11.5. The molecule has 7 nitrogen and oxygen atoms in total. The van der Waals surface area contributed by atoms with Crippen LogP contribution in [-0.2, 0) is 4.79 Å². The number of hydrogen-bond donors (Lipinski definition) is 2. The van der Waals surface area contributed by atoms with Gasteiger partial charge >= 0.3 is 12.0 Å². The molecule has 0 atom stereocenters. The predicted molar refractivity (Wildman–Crippen MR) is 88.9 cm³/mol. The zero-order valence-corrected chi connectivity index (χ0v) is 13.8. The number of hydrogen-bond acceptors (Lipinski definition) is 3. The number of carbonyl (C=O) groups is 3. The number of rotatable bonds is 4. The number of aryl methyl sites for hydroxylation is 1. The van der Waals surface area contributed by atoms with Crippen LogP contribution in [0.2, 0.25) is 0 Å². The molecular weight excluding hydrogens is 310 g/mol. The molecule has 2 N–H and O–H groups in total. The highest BCUT2D eigenvalue weighted by atomic mass is 16.4. The molecule has 1 aromatic carbocycles. The van der Waals surface area contributed by atoms with Crippen LogP contribution in [0, 0.1) is 6.92 Å². The van der Waals surface area contributed by atoms with Crippen LogP contribution >= 0.6 is 0 Å². The predicted octanol–water partition coefficient (Wildman–Crippen LogP) is 1.33. The molecule has 1 aliphatic rings. The van der Waals surface area contributed by atoms with Gasteiger partial charge in [-0.25, -0.2) is 4.79 Å². The van der Waals surface area contributed by atoms with Crippen LogP contribution in [-0.4, -0.2) is 65.5 Å². The van der Waals surface area contributed by atoms with E-state index >= 15 is 0 Å². The quantitative estimate of drug-likeness (QED) is 0.870. The van der Waals surface area contributed by atoms with E-state index in [1.165, 1.54) is 0 Å². The second kappa shape index (κ2) is 8.33. The number of benzene rings is 1. The summed E-state index contributed by atoms with van der Waals surface area (Å²) < 4.78 is 0. The van der Waals surface area contributed by atoms with Crippen LogP contribution in [0.25, 0.3) is 0 Å². The number of carboxylic acid groups (broad SMARTS) is 1. The smallest absolute Gasteiger partial charge is 0.317 e. The normalized spacial score (nSPS) is 14.9. The second-order valence-corrected chi connectivity index (χ2v) is 5.88. The molecule has 0 unspecified atom stereocenters. The van der Waals surface area contributed by atoms with Gasteiger partial charge in [-0.3, -0.25) is 9.59 Å². The lowest BCUT2D eigenvalue weighted by Gasteiger charge is -2.22. The molecule has 1 heterocycles. The molecule has 1 saturated heterocycles. The highest BCUT2D eigenvalue weighted by Crippen LogP contribution is 2.11. The van der Waals surface area contributed by atoms with Crippen molar-refractivity contribution in [3.63, 3.8) is 0 Å². The Morgan fingerprint density at radius 2 is 1.83 bits per heavy atom. The van der Waals surface area contributed by atoms with Crippen LogP contribution in [0.3, 0.4) is 0 Å². The number of carboxylic acids is 1. The third-order valence-electron chi connectivity index (χ3n) is 3.95. The molecule has 0 saturated carbocycles. The minimum atomic E-state index is -0.943. The Hall–Kier alpha value is -2.57. The SMILES string of the molecule is Cc1cccc(C(=O)N2CCCN(C(=O)NCCC(=O)O)CC2)c1. The number of nitrogens with zero attached hydrogens (tertiary/aromatic N) is 2. The van der Waals surface area contributed by atoms with E-state index in [1.54, 1.807) is 15.9 Å². The molecule has 0 radical (unpaired) electrons. The summed E-state index contributed by atoms with van der Waals surface area (Å²) in [5.74, 6) is -0.965. The minimum absolute atomic E-state index is 0.0214. The van der Waals surface area contributed by atoms with Crippen LogP contribution in [0.15, 0.2) is 24.3 Å². The fraction of sp³-hybridized carbons (Fsp3) is 0.471. The molecule has 3 amide bonds. The number of urea groups is 1. The maximum atomic E-state index is 12.6. The van der Waals surface area contributed by atoms with Crippen molar-refractivity contribution >= 4 is 17.9 Å². The van der Waals surface area contributed by atoms with Crippen molar-refractivity contribution in [1.82, 2.24) is 15.1 Å². The van der Waals surface area contributed by atoms with Crippen LogP contribution in [0.4, 0.5) is 4.79 Å². The molecular formula is C17H23N3O4. The summed E-state index contributed by atoms with van der Waals surface area (Å²) in [6.45, 7) is 4.12. The maximum Gasteiger partial charge on any atom is 0.317 e. The van der Waals surface area contributed by atoms with Crippen molar-refractivity contribution in [1.29, 1.82) is 0 Å². The van der Waals surface area contributed by atoms with E-state index in [0.717, 1.165) is 5.56 Å². The lowest BCUT2D eigenvalue weighted by atomic mass is 10.1. The largest absolute Gasteiger partial charge is 0.481 e. The fourth-order valence-corrected chi connectivity index (χ4v) is 2.67. The average Bonchev–Trinajstić information content (AvgIpc) is 2.80. The Labute approximate surface area is 141 Å². The highest BCUT2D eigenvalue weighted by molar-refractivity contribution is 5.94. The van der Waals surface area contributed by atoms with Crippen molar-refractivity contribution in [2.75, 3.05) is 32.7 Å². The summed E-state index contributed by atoms with van der Waals surface area (Å²) in [7, 11) is 0. The summed E-state index contributed by atoms with van der Waals surface area (Å²) in [6, 6.07) is 7.20. The van der Waals surface area contributed by atoms with Gasteiger partial charge in [0.25, 0.3) is 5.91 Å². The van der Waals surface area contributed by atoms with Gasteiger partial charge in [0, 0.05) is 38.3 Å². The van der Waals surface area contributed by atoms with Gasteiger partial charge in [-0.1, -0.05) is 17.7 Å². The van der Waals surface area contributed by atoms with Gasteiger partial charge in [-0.05, 0) is 25.5 Å². The fourth-order valence-electron chi connectivity index (χ4n) is 2.67. The van der Waals surface area contributed by atoms with E-state index in [2.05, 4.69) is 5.32 Å². The van der Waals surface area contributed by atoms with Crippen LogP contribution in [0.5, 0.6) is 0 Å². The number of carbonyl (C=O) groups excluding carboxylic acids is 2. The van der Waals surface area contributed by atoms with Crippen molar-refractivity contribution in [2.45, 2.75) is 19.8 Å². The molecule has 0 spiro atoms. The Morgan fingerprint density at radius 3 is 2.54 bits per heavy atom. The lowest BCUT2D eigenvalue weighted by Crippen LogP contribution is -2.43. The Bertz CT molecular complexity index is 618. The molecule has 0 bridgehead atoms. The molecule has 2 rings (SSSR count). The van der Waals surface area contributed by atoms with Crippen molar-refractivity contribution in [3.8, 4) is 0 Å². The zero-order valence-electron chi connectivity index (χ0n) is 13.8. The summed E-state index contributed by atoms with van der Waals surface area (Å²) >= 11 is 0. The number of amides is 3. The molecule has 7 heteroatoms.